The molecule has 2 aromatic heterocycles. The molecule has 2 aromatic carbocycles. The molecule has 0 aliphatic rings. The number of aromatic carboxylic acids is 1. The van der Waals surface area contributed by atoms with Crippen LogP contribution in [0.2, 0.25) is 0 Å². The number of nitrogens with zero attached hydrogens (tertiary/aromatic N) is 2. The van der Waals surface area contributed by atoms with E-state index in [2.05, 4.69) is 29.1 Å². The molecule has 0 amide bonds. The first-order chi connectivity index (χ1) is 16.9. The topological polar surface area (TPSA) is 84.3 Å². The highest BCUT2D eigenvalue weighted by Crippen LogP contribution is 2.34. The molecule has 0 spiro atoms. The Kier molecular flexibility index (Phi) is 7.60. The van der Waals surface area contributed by atoms with Gasteiger partial charge in [-0.05, 0) is 67.5 Å². The number of aryl methyl sites for hydroxylation is 2. The number of hydrogen-bond acceptors (Lipinski definition) is 6. The van der Waals surface area contributed by atoms with Crippen LogP contribution in [0.3, 0.4) is 0 Å². The number of nitrogens with one attached hydrogen (secondary N) is 1. The van der Waals surface area contributed by atoms with Gasteiger partial charge in [0.25, 0.3) is 0 Å². The molecule has 6 nitrogen and oxygen atoms in total. The lowest BCUT2D eigenvalue weighted by molar-refractivity contribution is 0.0692. The van der Waals surface area contributed by atoms with Gasteiger partial charge >= 0.3 is 5.97 Å². The molecule has 0 bridgehead atoms. The summed E-state index contributed by atoms with van der Waals surface area (Å²) in [5.74, 6) is -0.252. The fourth-order valence-corrected chi connectivity index (χ4v) is 5.19. The molecule has 0 aliphatic heterocycles. The molecule has 0 saturated carbocycles. The molecular formula is C27H28FN3O3S. The maximum Gasteiger partial charge on any atom is 0.339 e. The SMILES string of the molecule is CCCCOc1cc(-c2cc(NCCc3c(C)sc4c(C)cc(F)cc34)ncn2)ccc1C(=O)O. The molecule has 0 atom stereocenters. The third kappa shape index (κ3) is 5.59. The van der Waals surface area contributed by atoms with Crippen molar-refractivity contribution in [3.05, 3.63) is 70.1 Å². The quantitative estimate of drug-likeness (QED) is 0.241. The van der Waals surface area contributed by atoms with Crippen LogP contribution in [-0.2, 0) is 6.42 Å². The summed E-state index contributed by atoms with van der Waals surface area (Å²) in [6.45, 7) is 7.14. The minimum absolute atomic E-state index is 0.127. The third-order valence-corrected chi connectivity index (χ3v) is 7.15. The lowest BCUT2D eigenvalue weighted by Crippen LogP contribution is -2.07. The van der Waals surface area contributed by atoms with Gasteiger partial charge in [-0.15, -0.1) is 11.3 Å². The van der Waals surface area contributed by atoms with Crippen molar-refractivity contribution in [1.29, 1.82) is 0 Å². The third-order valence-electron chi connectivity index (χ3n) is 5.86. The van der Waals surface area contributed by atoms with Crippen LogP contribution in [0.25, 0.3) is 21.3 Å². The number of halogens is 1. The lowest BCUT2D eigenvalue weighted by Gasteiger charge is -2.11. The van der Waals surface area contributed by atoms with Crippen molar-refractivity contribution in [3.63, 3.8) is 0 Å². The number of unbranched alkanes of at least 4 members (excludes halogenated alkanes) is 1. The summed E-state index contributed by atoms with van der Waals surface area (Å²) in [4.78, 5) is 21.4. The van der Waals surface area contributed by atoms with Crippen molar-refractivity contribution in [2.24, 2.45) is 0 Å². The molecule has 2 heterocycles. The van der Waals surface area contributed by atoms with Crippen molar-refractivity contribution in [1.82, 2.24) is 9.97 Å². The first-order valence-corrected chi connectivity index (χ1v) is 12.4. The van der Waals surface area contributed by atoms with Gasteiger partial charge in [-0.3, -0.25) is 0 Å². The molecular weight excluding hydrogens is 465 g/mol. The zero-order valence-corrected chi connectivity index (χ0v) is 20.8. The molecule has 8 heteroatoms. The summed E-state index contributed by atoms with van der Waals surface area (Å²) in [6.07, 6.45) is 4.01. The van der Waals surface area contributed by atoms with Crippen LogP contribution in [0.5, 0.6) is 5.75 Å². The van der Waals surface area contributed by atoms with Crippen LogP contribution in [-0.4, -0.2) is 34.2 Å². The van der Waals surface area contributed by atoms with Gasteiger partial charge in [-0.1, -0.05) is 19.4 Å². The lowest BCUT2D eigenvalue weighted by atomic mass is 10.1. The Labute approximate surface area is 207 Å². The van der Waals surface area contributed by atoms with Crippen LogP contribution in [0.15, 0.2) is 42.7 Å². The summed E-state index contributed by atoms with van der Waals surface area (Å²) >= 11 is 1.70. The first-order valence-electron chi connectivity index (χ1n) is 11.6. The molecule has 182 valence electrons. The number of ether oxygens (including phenoxy) is 1. The summed E-state index contributed by atoms with van der Waals surface area (Å²) in [7, 11) is 0. The van der Waals surface area contributed by atoms with E-state index in [4.69, 9.17) is 4.74 Å². The van der Waals surface area contributed by atoms with Gasteiger partial charge in [0, 0.05) is 27.8 Å². The maximum atomic E-state index is 14.0. The van der Waals surface area contributed by atoms with E-state index in [9.17, 15) is 14.3 Å². The summed E-state index contributed by atoms with van der Waals surface area (Å²) in [6, 6.07) is 9.99. The smallest absolute Gasteiger partial charge is 0.339 e. The van der Waals surface area contributed by atoms with Crippen LogP contribution in [0, 0.1) is 19.7 Å². The molecule has 4 rings (SSSR count). The largest absolute Gasteiger partial charge is 0.493 e. The Morgan fingerprint density at radius 2 is 2.00 bits per heavy atom. The highest BCUT2D eigenvalue weighted by Gasteiger charge is 2.15. The molecule has 0 fully saturated rings. The van der Waals surface area contributed by atoms with Gasteiger partial charge in [0.1, 0.15) is 29.3 Å². The van der Waals surface area contributed by atoms with Crippen molar-refractivity contribution in [2.75, 3.05) is 18.5 Å². The standard InChI is InChI=1S/C27H28FN3O3S/c1-4-5-10-34-24-12-18(6-7-21(24)27(32)33)23-14-25(31-15-30-23)29-9-8-20-17(3)35-26-16(2)11-19(28)13-22(20)26/h6-7,11-15H,4-5,8-10H2,1-3H3,(H,32,33)(H,29,30,31). The highest BCUT2D eigenvalue weighted by molar-refractivity contribution is 7.19. The zero-order chi connectivity index (χ0) is 24.9. The number of aromatic nitrogens is 2. The van der Waals surface area contributed by atoms with E-state index >= 15 is 0 Å². The van der Waals surface area contributed by atoms with Crippen LogP contribution >= 0.6 is 11.3 Å². The summed E-state index contributed by atoms with van der Waals surface area (Å²) in [5, 5.41) is 13.8. The van der Waals surface area contributed by atoms with E-state index in [0.29, 0.717) is 30.4 Å². The summed E-state index contributed by atoms with van der Waals surface area (Å²) in [5.41, 5.74) is 3.64. The average molecular weight is 494 g/mol. The van der Waals surface area contributed by atoms with Crippen LogP contribution in [0.1, 0.15) is 46.1 Å². The van der Waals surface area contributed by atoms with Crippen molar-refractivity contribution in [2.45, 2.75) is 40.0 Å². The summed E-state index contributed by atoms with van der Waals surface area (Å²) < 4.78 is 20.9. The Balaban J connectivity index is 1.50. The highest BCUT2D eigenvalue weighted by atomic mass is 32.1. The second kappa shape index (κ2) is 10.8. The molecule has 2 N–H and O–H groups in total. The number of benzene rings is 2. The number of carbonyl (C=O) groups is 1. The molecule has 35 heavy (non-hydrogen) atoms. The Bertz CT molecular complexity index is 1370. The van der Waals surface area contributed by atoms with Crippen molar-refractivity contribution < 1.29 is 19.0 Å². The number of carboxylic acids is 1. The Hall–Kier alpha value is -3.52. The van der Waals surface area contributed by atoms with Crippen LogP contribution in [0.4, 0.5) is 10.2 Å². The monoisotopic (exact) mass is 493 g/mol. The van der Waals surface area contributed by atoms with E-state index in [1.165, 1.54) is 11.2 Å². The fourth-order valence-electron chi connectivity index (χ4n) is 4.04. The normalized spacial score (nSPS) is 11.1. The number of anilines is 1. The zero-order valence-electron chi connectivity index (χ0n) is 20.0. The molecule has 0 unspecified atom stereocenters. The Morgan fingerprint density at radius 1 is 1.17 bits per heavy atom. The van der Waals surface area contributed by atoms with Gasteiger partial charge in [-0.2, -0.15) is 0 Å². The number of fused-ring (bicyclic) bond motifs is 1. The minimum atomic E-state index is -1.03. The average Bonchev–Trinajstić information content (AvgIpc) is 3.15. The van der Waals surface area contributed by atoms with Crippen molar-refractivity contribution >= 4 is 33.2 Å². The number of thiophene rings is 1. The first kappa shape index (κ1) is 24.6. The van der Waals surface area contributed by atoms with E-state index in [-0.39, 0.29) is 11.4 Å². The maximum absolute atomic E-state index is 14.0. The van der Waals surface area contributed by atoms with Gasteiger partial charge in [0.05, 0.1) is 12.3 Å². The van der Waals surface area contributed by atoms with E-state index in [1.54, 1.807) is 41.7 Å². The second-order valence-corrected chi connectivity index (χ2v) is 9.64. The number of hydrogen-bond donors (Lipinski definition) is 2. The predicted molar refractivity (Wildman–Crippen MR) is 138 cm³/mol. The Morgan fingerprint density at radius 3 is 2.77 bits per heavy atom. The van der Waals surface area contributed by atoms with Crippen LogP contribution < -0.4 is 10.1 Å². The second-order valence-electron chi connectivity index (χ2n) is 8.42. The predicted octanol–water partition coefficient (Wildman–Crippen LogP) is 6.65. The van der Waals surface area contributed by atoms with E-state index < -0.39 is 5.97 Å². The minimum Gasteiger partial charge on any atom is -0.493 e. The number of carboxylic acid groups (broad SMARTS) is 1. The number of rotatable bonds is 10. The molecule has 4 aromatic rings. The molecule has 0 aliphatic carbocycles. The fraction of sp³-hybridized carbons (Fsp3) is 0.296. The van der Waals surface area contributed by atoms with Gasteiger partial charge in [-0.25, -0.2) is 19.2 Å². The van der Waals surface area contributed by atoms with Gasteiger partial charge in [0.15, 0.2) is 0 Å². The van der Waals surface area contributed by atoms with E-state index in [1.807, 2.05) is 13.0 Å². The molecule has 0 radical (unpaired) electrons. The van der Waals surface area contributed by atoms with Gasteiger partial charge < -0.3 is 15.2 Å². The van der Waals surface area contributed by atoms with Crippen molar-refractivity contribution in [3.8, 4) is 17.0 Å². The van der Waals surface area contributed by atoms with E-state index in [0.717, 1.165) is 46.0 Å². The van der Waals surface area contributed by atoms with Gasteiger partial charge in [0.2, 0.25) is 0 Å². The molecule has 0 saturated heterocycles.